The summed E-state index contributed by atoms with van der Waals surface area (Å²) in [6.07, 6.45) is 16.1. The minimum Gasteiger partial charge on any atom is -0.453 e. The van der Waals surface area contributed by atoms with E-state index in [9.17, 15) is 19.2 Å². The highest BCUT2D eigenvalue weighted by atomic mass is 16.5. The van der Waals surface area contributed by atoms with Crippen molar-refractivity contribution in [2.24, 2.45) is 33.1 Å². The second-order valence-corrected chi connectivity index (χ2v) is 22.9. The molecule has 3 spiro atoms. The zero-order valence-corrected chi connectivity index (χ0v) is 42.1. The molecule has 5 fully saturated rings. The van der Waals surface area contributed by atoms with Crippen LogP contribution in [0.4, 0.5) is 9.59 Å². The van der Waals surface area contributed by atoms with Crippen molar-refractivity contribution in [3.8, 4) is 33.5 Å². The van der Waals surface area contributed by atoms with Gasteiger partial charge in [0.25, 0.3) is 0 Å². The Morgan fingerprint density at radius 3 is 1.62 bits per heavy atom. The minimum atomic E-state index is -0.682. The molecule has 3 saturated carbocycles. The van der Waals surface area contributed by atoms with Crippen LogP contribution >= 0.6 is 0 Å². The molecule has 3 aliphatic heterocycles. The summed E-state index contributed by atoms with van der Waals surface area (Å²) in [5, 5.41) is 7.72. The number of amides is 4. The molecule has 14 nitrogen and oxygen atoms in total. The van der Waals surface area contributed by atoms with E-state index >= 15 is 0 Å². The monoisotopic (exact) mass is 962 g/mol. The second kappa shape index (κ2) is 18.1. The van der Waals surface area contributed by atoms with Gasteiger partial charge in [0.1, 0.15) is 23.9 Å². The Bertz CT molecular complexity index is 2810. The number of aromatic amines is 1. The smallest absolute Gasteiger partial charge is 0.407 e. The molecule has 1 unspecified atom stereocenters. The second-order valence-electron chi connectivity index (χ2n) is 22.9. The number of amidine groups is 1. The van der Waals surface area contributed by atoms with Crippen LogP contribution in [0.25, 0.3) is 39.2 Å². The van der Waals surface area contributed by atoms with Crippen molar-refractivity contribution in [3.63, 3.8) is 0 Å². The molecule has 4 atom stereocenters. The van der Waals surface area contributed by atoms with Crippen LogP contribution in [-0.2, 0) is 31.9 Å². The summed E-state index contributed by atoms with van der Waals surface area (Å²) in [6.45, 7) is 9.14. The summed E-state index contributed by atoms with van der Waals surface area (Å²) >= 11 is 0. The van der Waals surface area contributed by atoms with Crippen molar-refractivity contribution >= 4 is 35.5 Å². The highest BCUT2D eigenvalue weighted by molar-refractivity contribution is 5.94. The molecular weight excluding hydrogens is 893 g/mol. The van der Waals surface area contributed by atoms with Gasteiger partial charge in [0.05, 0.1) is 38.4 Å². The summed E-state index contributed by atoms with van der Waals surface area (Å²) in [6, 6.07) is 20.8. The third kappa shape index (κ3) is 8.84. The molecule has 3 aromatic carbocycles. The number of hydrogen-bond donors (Lipinski definition) is 4. The van der Waals surface area contributed by atoms with E-state index in [1.54, 1.807) is 0 Å². The number of aliphatic imine (C=N–C) groups is 1. The van der Waals surface area contributed by atoms with E-state index in [4.69, 9.17) is 19.5 Å². The Kier molecular flexibility index (Phi) is 12.0. The van der Waals surface area contributed by atoms with Crippen molar-refractivity contribution < 1.29 is 34.0 Å². The van der Waals surface area contributed by atoms with E-state index in [2.05, 4.69) is 81.6 Å². The van der Waals surface area contributed by atoms with Gasteiger partial charge >= 0.3 is 12.2 Å². The number of carbonyl (C=O) groups excluding carboxylic acids is 4. The van der Waals surface area contributed by atoms with E-state index in [1.807, 2.05) is 49.9 Å². The standard InChI is InChI=1S/C57H68N8O6/c1-33(2)47(62-53(68)70-5)51(66)64-31-56(21-22-56)27-45(64)49-58-29-43(60-49)37-13-9-35(10-14-37)39-17-18-40(42-26-55(25-41(39)42)19-7-8-20-55)36-11-15-38(16-12-36)44-30-59-50(61-44)46-28-57(23-24-57)32-65(46)52(67)48(34(3)4)63-54(69)71-6/h9-18,29-30,33-34,45-48H,7-8,19-28,31-32H2,1-6H3,(H,58,60)(H,59,61)(H,62,68)(H,63,69)/p+1/t45-,46?,47-,48-/m0/s1. The van der Waals surface area contributed by atoms with E-state index in [0.717, 1.165) is 85.5 Å². The Labute approximate surface area is 416 Å². The van der Waals surface area contributed by atoms with E-state index in [1.165, 1.54) is 73.3 Å². The van der Waals surface area contributed by atoms with Crippen molar-refractivity contribution in [1.82, 2.24) is 30.4 Å². The SMILES string of the molecule is COC(=O)N[C@H](C(=O)N1CC2(CC2)CC1c1ncc(-c2ccc(-c3ccc(-c4ccc(C5=CN=C([C@@H]6CC7(CC7)CN6C(=O)[C@@H](NC(=O)OC)C(C)C)[NH2+]5)cc4)c4c3CC3(CCCC3)C4)cc2)[nH]1)C(C)C. The number of nitrogens with two attached hydrogens (primary N) is 1. The third-order valence-electron chi connectivity index (χ3n) is 17.4. The number of ether oxygens (including phenoxy) is 2. The first-order valence-electron chi connectivity index (χ1n) is 26.0. The van der Waals surface area contributed by atoms with Gasteiger partial charge in [0, 0.05) is 18.7 Å². The highest BCUT2D eigenvalue weighted by Gasteiger charge is 2.57. The fourth-order valence-corrected chi connectivity index (χ4v) is 12.9. The number of alkyl carbamates (subject to hydrolysis) is 2. The van der Waals surface area contributed by atoms with E-state index < -0.39 is 24.3 Å². The van der Waals surface area contributed by atoms with Crippen LogP contribution in [0.1, 0.15) is 120 Å². The zero-order chi connectivity index (χ0) is 49.4. The van der Waals surface area contributed by atoms with Gasteiger partial charge in [-0.3, -0.25) is 14.9 Å². The first-order chi connectivity index (χ1) is 34.2. The number of quaternary nitrogens is 1. The van der Waals surface area contributed by atoms with E-state index in [0.29, 0.717) is 18.5 Å². The van der Waals surface area contributed by atoms with Crippen LogP contribution in [-0.4, -0.2) is 95.0 Å². The van der Waals surface area contributed by atoms with Crippen LogP contribution in [0.3, 0.4) is 0 Å². The highest BCUT2D eigenvalue weighted by Crippen LogP contribution is 2.59. The molecule has 5 N–H and O–H groups in total. The Hall–Kier alpha value is -6.28. The summed E-state index contributed by atoms with van der Waals surface area (Å²) < 4.78 is 9.73. The lowest BCUT2D eigenvalue weighted by molar-refractivity contribution is -0.435. The fourth-order valence-electron chi connectivity index (χ4n) is 12.9. The molecule has 1 aromatic heterocycles. The Morgan fingerprint density at radius 1 is 0.648 bits per heavy atom. The Morgan fingerprint density at radius 2 is 1.13 bits per heavy atom. The van der Waals surface area contributed by atoms with Crippen molar-refractivity contribution in [1.29, 1.82) is 0 Å². The topological polar surface area (TPSA) is 175 Å². The molecule has 2 saturated heterocycles. The van der Waals surface area contributed by atoms with Crippen LogP contribution in [0.15, 0.2) is 78.1 Å². The lowest BCUT2D eigenvalue weighted by Crippen LogP contribution is -2.87. The summed E-state index contributed by atoms with van der Waals surface area (Å²) in [5.41, 5.74) is 12.7. The number of likely N-dealkylation sites (tertiary alicyclic amines) is 2. The van der Waals surface area contributed by atoms with Crippen LogP contribution in [0.5, 0.6) is 0 Å². The van der Waals surface area contributed by atoms with Gasteiger partial charge in [-0.1, -0.05) is 89.1 Å². The van der Waals surface area contributed by atoms with Crippen molar-refractivity contribution in [2.45, 2.75) is 129 Å². The van der Waals surface area contributed by atoms with Crippen molar-refractivity contribution in [3.05, 3.63) is 95.6 Å². The minimum absolute atomic E-state index is 0.0747. The van der Waals surface area contributed by atoms with E-state index in [-0.39, 0.29) is 46.6 Å². The average Bonchev–Trinajstić information content (AvgIpc) is 3.80. The van der Waals surface area contributed by atoms with Gasteiger partial charge in [0.2, 0.25) is 17.6 Å². The Balaban J connectivity index is 0.803. The first-order valence-corrected chi connectivity index (χ1v) is 26.0. The van der Waals surface area contributed by atoms with Crippen molar-refractivity contribution in [2.75, 3.05) is 27.3 Å². The number of nitrogens with one attached hydrogen (secondary N) is 3. The molecule has 7 aliphatic rings. The van der Waals surface area contributed by atoms with Gasteiger partial charge in [-0.25, -0.2) is 19.6 Å². The maximum absolute atomic E-state index is 14.1. The first kappa shape index (κ1) is 47.1. The molecule has 0 radical (unpaired) electrons. The number of imidazole rings is 1. The fraction of sp³-hybridized carbons (Fsp3) is 0.509. The molecule has 4 heterocycles. The average molecular weight is 962 g/mol. The number of methoxy groups -OCH3 is 2. The molecule has 4 aromatic rings. The number of hydrogen-bond acceptors (Lipinski definition) is 8. The number of H-pyrrole nitrogens is 1. The molecular formula is C57H69N8O6+. The number of rotatable bonds is 12. The normalized spacial score (nSPS) is 22.8. The maximum Gasteiger partial charge on any atom is 0.407 e. The van der Waals surface area contributed by atoms with Crippen LogP contribution < -0.4 is 16.0 Å². The summed E-state index contributed by atoms with van der Waals surface area (Å²) in [7, 11) is 2.64. The van der Waals surface area contributed by atoms with Gasteiger partial charge < -0.3 is 34.9 Å². The maximum atomic E-state index is 14.1. The largest absolute Gasteiger partial charge is 0.453 e. The quantitative estimate of drug-likeness (QED) is 0.110. The molecule has 14 heteroatoms. The number of carbonyl (C=O) groups is 4. The van der Waals surface area contributed by atoms with Crippen LogP contribution in [0.2, 0.25) is 0 Å². The van der Waals surface area contributed by atoms with Gasteiger partial charge in [-0.15, -0.1) is 0 Å². The predicted octanol–water partition coefficient (Wildman–Crippen LogP) is 8.54. The molecule has 372 valence electrons. The van der Waals surface area contributed by atoms with Gasteiger partial charge in [-0.05, 0) is 143 Å². The number of aromatic nitrogens is 2. The number of fused-ring (bicyclic) bond motifs is 1. The third-order valence-corrected chi connectivity index (χ3v) is 17.4. The zero-order valence-electron chi connectivity index (χ0n) is 42.1. The van der Waals surface area contributed by atoms with Crippen LogP contribution in [0, 0.1) is 28.1 Å². The summed E-state index contributed by atoms with van der Waals surface area (Å²) in [5.74, 6) is 1.33. The van der Waals surface area contributed by atoms with Gasteiger partial charge in [0.15, 0.2) is 5.70 Å². The molecule has 0 bridgehead atoms. The number of benzene rings is 3. The van der Waals surface area contributed by atoms with Gasteiger partial charge in [-0.2, -0.15) is 0 Å². The molecule has 11 rings (SSSR count). The molecule has 71 heavy (non-hydrogen) atoms. The lowest BCUT2D eigenvalue weighted by atomic mass is 9.82. The summed E-state index contributed by atoms with van der Waals surface area (Å²) in [4.78, 5) is 69.8. The lowest BCUT2D eigenvalue weighted by Gasteiger charge is -2.30. The number of nitrogens with zero attached hydrogens (tertiary/aromatic N) is 4. The predicted molar refractivity (Wildman–Crippen MR) is 271 cm³/mol. The molecule has 4 aliphatic carbocycles. The molecule has 4 amide bonds.